The summed E-state index contributed by atoms with van der Waals surface area (Å²) in [6, 6.07) is 4.08. The van der Waals surface area contributed by atoms with Crippen LogP contribution in [0.5, 0.6) is 11.5 Å². The van der Waals surface area contributed by atoms with Gasteiger partial charge in [-0.1, -0.05) is 17.9 Å². The van der Waals surface area contributed by atoms with Crippen LogP contribution in [0.4, 0.5) is 0 Å². The second kappa shape index (κ2) is 9.22. The summed E-state index contributed by atoms with van der Waals surface area (Å²) in [4.78, 5) is 10.4. The van der Waals surface area contributed by atoms with Crippen molar-refractivity contribution in [1.29, 1.82) is 0 Å². The SMILES string of the molecule is CCOc1cccc(C(O)C(=O)[O-])c1[O-].[Na+].[Na+]. The summed E-state index contributed by atoms with van der Waals surface area (Å²) < 4.78 is 4.97. The van der Waals surface area contributed by atoms with Gasteiger partial charge in [0.05, 0.1) is 12.6 Å². The Hall–Kier alpha value is 0.250. The van der Waals surface area contributed by atoms with Gasteiger partial charge in [0.1, 0.15) is 11.9 Å². The Morgan fingerprint density at radius 3 is 2.53 bits per heavy atom. The number of rotatable bonds is 4. The van der Waals surface area contributed by atoms with E-state index in [9.17, 15) is 15.0 Å². The Kier molecular flexibility index (Phi) is 10.6. The summed E-state index contributed by atoms with van der Waals surface area (Å²) in [5, 5.41) is 31.1. The first-order valence-electron chi connectivity index (χ1n) is 4.39. The van der Waals surface area contributed by atoms with Gasteiger partial charge in [0, 0.05) is 0 Å². The van der Waals surface area contributed by atoms with E-state index in [-0.39, 0.29) is 70.4 Å². The average Bonchev–Trinajstić information content (AvgIpc) is 2.20. The third-order valence-electron chi connectivity index (χ3n) is 1.83. The van der Waals surface area contributed by atoms with Crippen molar-refractivity contribution in [3.63, 3.8) is 0 Å². The quantitative estimate of drug-likeness (QED) is 0.540. The van der Waals surface area contributed by atoms with E-state index in [4.69, 9.17) is 9.84 Å². The van der Waals surface area contributed by atoms with E-state index in [0.29, 0.717) is 6.61 Å². The van der Waals surface area contributed by atoms with Crippen LogP contribution in [0.25, 0.3) is 0 Å². The number of carboxylic acid groups (broad SMARTS) is 1. The fraction of sp³-hybridized carbons (Fsp3) is 0.300. The van der Waals surface area contributed by atoms with Crippen molar-refractivity contribution in [2.24, 2.45) is 0 Å². The van der Waals surface area contributed by atoms with Gasteiger partial charge >= 0.3 is 59.1 Å². The number of aliphatic hydroxyl groups excluding tert-OH is 1. The first-order chi connectivity index (χ1) is 7.07. The standard InChI is InChI=1S/C10H12O5.2Na/c1-2-15-7-5-3-4-6(8(7)11)9(12)10(13)14;;/h3-5,9,11-12H,2H2,1H3,(H,13,14);;/q;2*+1/p-2. The molecule has 1 unspecified atom stereocenters. The average molecular weight is 256 g/mol. The first kappa shape index (κ1) is 19.6. The second-order valence-electron chi connectivity index (χ2n) is 2.83. The van der Waals surface area contributed by atoms with Crippen LogP contribution < -0.4 is 74.1 Å². The van der Waals surface area contributed by atoms with E-state index in [2.05, 4.69) is 0 Å². The number of aliphatic carboxylic acids is 1. The molecular weight excluding hydrogens is 246 g/mol. The zero-order valence-electron chi connectivity index (χ0n) is 10.1. The van der Waals surface area contributed by atoms with Crippen molar-refractivity contribution in [3.8, 4) is 11.5 Å². The molecule has 0 aliphatic carbocycles. The van der Waals surface area contributed by atoms with Gasteiger partial charge in [-0.05, 0) is 18.6 Å². The van der Waals surface area contributed by atoms with Gasteiger partial charge in [-0.3, -0.25) is 0 Å². The number of carbonyl (C=O) groups excluding carboxylic acids is 1. The number of hydrogen-bond donors (Lipinski definition) is 1. The summed E-state index contributed by atoms with van der Waals surface area (Å²) in [7, 11) is 0. The molecular formula is C10H10Na2O5. The predicted molar refractivity (Wildman–Crippen MR) is 47.0 cm³/mol. The van der Waals surface area contributed by atoms with Crippen LogP contribution in [-0.4, -0.2) is 17.7 Å². The molecule has 82 valence electrons. The van der Waals surface area contributed by atoms with Crippen molar-refractivity contribution < 1.29 is 84.0 Å². The summed E-state index contributed by atoms with van der Waals surface area (Å²) in [5.41, 5.74) is -0.249. The van der Waals surface area contributed by atoms with E-state index >= 15 is 0 Å². The number of aliphatic hydroxyl groups is 1. The molecule has 0 saturated heterocycles. The second-order valence-corrected chi connectivity index (χ2v) is 2.83. The van der Waals surface area contributed by atoms with Gasteiger partial charge in [0.25, 0.3) is 0 Å². The molecule has 5 nitrogen and oxygen atoms in total. The molecule has 0 aliphatic rings. The van der Waals surface area contributed by atoms with Crippen LogP contribution in [0, 0.1) is 0 Å². The van der Waals surface area contributed by atoms with Gasteiger partial charge in [-0.2, -0.15) is 0 Å². The van der Waals surface area contributed by atoms with Gasteiger partial charge < -0.3 is 24.9 Å². The van der Waals surface area contributed by atoms with Crippen LogP contribution in [-0.2, 0) is 4.79 Å². The van der Waals surface area contributed by atoms with Crippen LogP contribution >= 0.6 is 0 Å². The molecule has 0 aromatic heterocycles. The number of benzene rings is 1. The largest absolute Gasteiger partial charge is 1.00 e. The van der Waals surface area contributed by atoms with Gasteiger partial charge in [-0.25, -0.2) is 0 Å². The zero-order chi connectivity index (χ0) is 11.4. The summed E-state index contributed by atoms with van der Waals surface area (Å²) in [6.45, 7) is 1.99. The Morgan fingerprint density at radius 2 is 2.06 bits per heavy atom. The predicted octanol–water partition coefficient (Wildman–Crippen LogP) is -7.05. The molecule has 1 aromatic carbocycles. The van der Waals surface area contributed by atoms with Crippen molar-refractivity contribution in [1.82, 2.24) is 0 Å². The van der Waals surface area contributed by atoms with Crippen LogP contribution in [0.15, 0.2) is 18.2 Å². The molecule has 0 aliphatic heterocycles. The normalized spacial score (nSPS) is 10.7. The van der Waals surface area contributed by atoms with Crippen molar-refractivity contribution in [3.05, 3.63) is 23.8 Å². The van der Waals surface area contributed by atoms with Gasteiger partial charge in [0.2, 0.25) is 0 Å². The first-order valence-corrected chi connectivity index (χ1v) is 4.39. The number of hydrogen-bond acceptors (Lipinski definition) is 5. The topological polar surface area (TPSA) is 92.7 Å². The number of carbonyl (C=O) groups is 1. The Labute approximate surface area is 143 Å². The molecule has 0 bridgehead atoms. The van der Waals surface area contributed by atoms with Crippen LogP contribution in [0.2, 0.25) is 0 Å². The maximum absolute atomic E-state index is 11.5. The van der Waals surface area contributed by atoms with Crippen molar-refractivity contribution >= 4 is 5.97 Å². The minimum atomic E-state index is -1.92. The molecule has 1 N–H and O–H groups in total. The zero-order valence-corrected chi connectivity index (χ0v) is 14.1. The molecule has 7 heteroatoms. The fourth-order valence-corrected chi connectivity index (χ4v) is 1.14. The summed E-state index contributed by atoms with van der Waals surface area (Å²) in [5.74, 6) is -2.31. The Bertz CT molecular complexity index is 370. The molecule has 17 heavy (non-hydrogen) atoms. The van der Waals surface area contributed by atoms with Crippen molar-refractivity contribution in [2.45, 2.75) is 13.0 Å². The van der Waals surface area contributed by atoms with Crippen molar-refractivity contribution in [2.75, 3.05) is 6.61 Å². The number of para-hydroxylation sites is 1. The van der Waals surface area contributed by atoms with E-state index < -0.39 is 17.8 Å². The molecule has 1 rings (SSSR count). The molecule has 0 heterocycles. The summed E-state index contributed by atoms with van der Waals surface area (Å²) in [6.07, 6.45) is -1.92. The van der Waals surface area contributed by atoms with Gasteiger partial charge in [-0.15, -0.1) is 0 Å². The third kappa shape index (κ3) is 5.18. The monoisotopic (exact) mass is 256 g/mol. The molecule has 0 saturated carbocycles. The maximum Gasteiger partial charge on any atom is 1.00 e. The fourth-order valence-electron chi connectivity index (χ4n) is 1.14. The maximum atomic E-state index is 11.5. The molecule has 0 fully saturated rings. The minimum Gasteiger partial charge on any atom is -0.870 e. The minimum absolute atomic E-state index is 0. The molecule has 1 aromatic rings. The van der Waals surface area contributed by atoms with E-state index in [1.807, 2.05) is 0 Å². The molecule has 1 atom stereocenters. The van der Waals surface area contributed by atoms with Crippen LogP contribution in [0.1, 0.15) is 18.6 Å². The number of ether oxygens (including phenoxy) is 1. The third-order valence-corrected chi connectivity index (χ3v) is 1.83. The molecule has 0 amide bonds. The smallest absolute Gasteiger partial charge is 0.870 e. The Morgan fingerprint density at radius 1 is 1.47 bits per heavy atom. The van der Waals surface area contributed by atoms with Gasteiger partial charge in [0.15, 0.2) is 0 Å². The Balaban J connectivity index is 0. The number of carboxylic acids is 1. The van der Waals surface area contributed by atoms with E-state index in [0.717, 1.165) is 0 Å². The molecule has 0 radical (unpaired) electrons. The summed E-state index contributed by atoms with van der Waals surface area (Å²) >= 11 is 0. The molecule has 0 spiro atoms. The van der Waals surface area contributed by atoms with Crippen LogP contribution in [0.3, 0.4) is 0 Å². The van der Waals surface area contributed by atoms with E-state index in [1.54, 1.807) is 6.92 Å². The van der Waals surface area contributed by atoms with E-state index in [1.165, 1.54) is 18.2 Å².